The van der Waals surface area contributed by atoms with E-state index in [9.17, 15) is 0 Å². The van der Waals surface area contributed by atoms with Gasteiger partial charge in [0.2, 0.25) is 0 Å². The second-order valence-electron chi connectivity index (χ2n) is 4.35. The summed E-state index contributed by atoms with van der Waals surface area (Å²) in [5.41, 5.74) is 4.05. The average Bonchev–Trinajstić information content (AvgIpc) is 2.77. The molecule has 0 spiro atoms. The van der Waals surface area contributed by atoms with Crippen LogP contribution in [-0.2, 0) is 19.9 Å². The maximum absolute atomic E-state index is 5.86. The van der Waals surface area contributed by atoms with Gasteiger partial charge in [0.15, 0.2) is 0 Å². The number of rotatable bonds is 5. The topological polar surface area (TPSA) is 55.9 Å². The van der Waals surface area contributed by atoms with E-state index in [4.69, 9.17) is 17.4 Å². The van der Waals surface area contributed by atoms with Crippen LogP contribution in [0.15, 0.2) is 36.7 Å². The molecular formula is C13H17ClN4. The van der Waals surface area contributed by atoms with Gasteiger partial charge in [0, 0.05) is 36.9 Å². The summed E-state index contributed by atoms with van der Waals surface area (Å²) in [5, 5.41) is 0.750. The van der Waals surface area contributed by atoms with Crippen molar-refractivity contribution in [2.75, 3.05) is 0 Å². The highest BCUT2D eigenvalue weighted by Crippen LogP contribution is 2.12. The van der Waals surface area contributed by atoms with Crippen LogP contribution >= 0.6 is 11.6 Å². The van der Waals surface area contributed by atoms with E-state index in [1.54, 1.807) is 6.20 Å². The first-order chi connectivity index (χ1) is 8.69. The maximum Gasteiger partial charge on any atom is 0.109 e. The van der Waals surface area contributed by atoms with E-state index >= 15 is 0 Å². The lowest BCUT2D eigenvalue weighted by molar-refractivity contribution is 0.504. The number of nitrogens with one attached hydrogen (secondary N) is 1. The third-order valence-electron chi connectivity index (χ3n) is 2.98. The van der Waals surface area contributed by atoms with Crippen LogP contribution in [0.1, 0.15) is 11.4 Å². The number of aromatic nitrogens is 2. The fourth-order valence-corrected chi connectivity index (χ4v) is 2.03. The van der Waals surface area contributed by atoms with Crippen LogP contribution in [0.5, 0.6) is 0 Å². The van der Waals surface area contributed by atoms with Crippen LogP contribution in [0.4, 0.5) is 0 Å². The second-order valence-corrected chi connectivity index (χ2v) is 4.79. The lowest BCUT2D eigenvalue weighted by Gasteiger charge is -2.15. The number of nitrogens with zero attached hydrogens (tertiary/aromatic N) is 2. The van der Waals surface area contributed by atoms with Gasteiger partial charge < -0.3 is 4.57 Å². The van der Waals surface area contributed by atoms with Crippen molar-refractivity contribution >= 4 is 11.6 Å². The third-order valence-corrected chi connectivity index (χ3v) is 3.23. The molecule has 0 amide bonds. The van der Waals surface area contributed by atoms with Gasteiger partial charge in [-0.3, -0.25) is 11.3 Å². The first-order valence-corrected chi connectivity index (χ1v) is 6.23. The standard InChI is InChI=1S/C13H17ClN4/c1-18-7-6-16-13(18)9-12(17-15)8-10-2-4-11(14)5-3-10/h2-7,12,17H,8-9,15H2,1H3. The molecule has 0 bridgehead atoms. The lowest BCUT2D eigenvalue weighted by Crippen LogP contribution is -2.39. The molecule has 4 nitrogen and oxygen atoms in total. The molecule has 0 aliphatic heterocycles. The number of hydrogen-bond donors (Lipinski definition) is 2. The monoisotopic (exact) mass is 264 g/mol. The van der Waals surface area contributed by atoms with Gasteiger partial charge in [0.1, 0.15) is 5.82 Å². The van der Waals surface area contributed by atoms with Crippen molar-refractivity contribution in [1.29, 1.82) is 0 Å². The molecule has 0 radical (unpaired) electrons. The zero-order valence-corrected chi connectivity index (χ0v) is 11.1. The third kappa shape index (κ3) is 3.32. The van der Waals surface area contributed by atoms with E-state index in [-0.39, 0.29) is 6.04 Å². The smallest absolute Gasteiger partial charge is 0.109 e. The predicted molar refractivity (Wildman–Crippen MR) is 73.2 cm³/mol. The molecule has 0 saturated heterocycles. The molecule has 1 atom stereocenters. The van der Waals surface area contributed by atoms with Crippen molar-refractivity contribution in [3.63, 3.8) is 0 Å². The first-order valence-electron chi connectivity index (χ1n) is 5.86. The number of nitrogens with two attached hydrogens (primary N) is 1. The summed E-state index contributed by atoms with van der Waals surface area (Å²) in [5.74, 6) is 6.62. The minimum Gasteiger partial charge on any atom is -0.338 e. The molecule has 96 valence electrons. The number of halogens is 1. The molecule has 18 heavy (non-hydrogen) atoms. The predicted octanol–water partition coefficient (Wildman–Crippen LogP) is 1.69. The molecule has 5 heteroatoms. The molecule has 3 N–H and O–H groups in total. The summed E-state index contributed by atoms with van der Waals surface area (Å²) in [6.07, 6.45) is 5.37. The van der Waals surface area contributed by atoms with Gasteiger partial charge in [0.05, 0.1) is 0 Å². The summed E-state index contributed by atoms with van der Waals surface area (Å²) in [6.45, 7) is 0. The molecular weight excluding hydrogens is 248 g/mol. The van der Waals surface area contributed by atoms with Gasteiger partial charge in [-0.1, -0.05) is 23.7 Å². The van der Waals surface area contributed by atoms with Crippen LogP contribution in [0, 0.1) is 0 Å². The Bertz CT molecular complexity index is 492. The quantitative estimate of drug-likeness (QED) is 0.638. The van der Waals surface area contributed by atoms with Gasteiger partial charge in [-0.05, 0) is 24.1 Å². The van der Waals surface area contributed by atoms with Crippen LogP contribution in [0.2, 0.25) is 5.02 Å². The molecule has 2 rings (SSSR count). The lowest BCUT2D eigenvalue weighted by atomic mass is 10.0. The van der Waals surface area contributed by atoms with Crippen LogP contribution in [0.25, 0.3) is 0 Å². The minimum absolute atomic E-state index is 0.160. The Morgan fingerprint density at radius 2 is 2.06 bits per heavy atom. The first kappa shape index (κ1) is 13.1. The van der Waals surface area contributed by atoms with Crippen molar-refractivity contribution in [2.45, 2.75) is 18.9 Å². The highest BCUT2D eigenvalue weighted by molar-refractivity contribution is 6.30. The molecule has 1 unspecified atom stereocenters. The van der Waals surface area contributed by atoms with Crippen molar-refractivity contribution < 1.29 is 0 Å². The fraction of sp³-hybridized carbons (Fsp3) is 0.308. The highest BCUT2D eigenvalue weighted by atomic mass is 35.5. The second kappa shape index (κ2) is 6.00. The molecule has 0 aliphatic rings. The molecule has 1 aromatic carbocycles. The SMILES string of the molecule is Cn1ccnc1CC(Cc1ccc(Cl)cc1)NN. The summed E-state index contributed by atoms with van der Waals surface area (Å²) in [6, 6.07) is 7.99. The van der Waals surface area contributed by atoms with Crippen molar-refractivity contribution in [2.24, 2.45) is 12.9 Å². The van der Waals surface area contributed by atoms with E-state index < -0.39 is 0 Å². The van der Waals surface area contributed by atoms with Crippen LogP contribution in [-0.4, -0.2) is 15.6 Å². The highest BCUT2D eigenvalue weighted by Gasteiger charge is 2.11. The van der Waals surface area contributed by atoms with Gasteiger partial charge in [-0.2, -0.15) is 0 Å². The van der Waals surface area contributed by atoms with Crippen molar-refractivity contribution in [1.82, 2.24) is 15.0 Å². The van der Waals surface area contributed by atoms with Crippen molar-refractivity contribution in [3.05, 3.63) is 53.1 Å². The largest absolute Gasteiger partial charge is 0.338 e. The molecule has 2 aromatic rings. The molecule has 0 saturated carbocycles. The number of aryl methyl sites for hydroxylation is 1. The zero-order chi connectivity index (χ0) is 13.0. The number of hydrogen-bond acceptors (Lipinski definition) is 3. The Morgan fingerprint density at radius 1 is 1.33 bits per heavy atom. The Hall–Kier alpha value is -1.36. The van der Waals surface area contributed by atoms with Gasteiger partial charge in [-0.25, -0.2) is 4.98 Å². The fourth-order valence-electron chi connectivity index (χ4n) is 1.91. The molecule has 0 fully saturated rings. The van der Waals surface area contributed by atoms with E-state index in [0.717, 1.165) is 23.7 Å². The summed E-state index contributed by atoms with van der Waals surface area (Å²) >= 11 is 5.86. The van der Waals surface area contributed by atoms with Gasteiger partial charge >= 0.3 is 0 Å². The Kier molecular flexibility index (Phi) is 4.36. The summed E-state index contributed by atoms with van der Waals surface area (Å²) < 4.78 is 2.01. The number of benzene rings is 1. The Labute approximate surface area is 112 Å². The van der Waals surface area contributed by atoms with E-state index in [0.29, 0.717) is 0 Å². The molecule has 1 aromatic heterocycles. The Morgan fingerprint density at radius 3 is 2.61 bits per heavy atom. The Balaban J connectivity index is 2.01. The van der Waals surface area contributed by atoms with E-state index in [2.05, 4.69) is 10.4 Å². The normalized spacial score (nSPS) is 12.6. The molecule has 0 aliphatic carbocycles. The minimum atomic E-state index is 0.160. The summed E-state index contributed by atoms with van der Waals surface area (Å²) in [7, 11) is 1.98. The van der Waals surface area contributed by atoms with E-state index in [1.165, 1.54) is 5.56 Å². The van der Waals surface area contributed by atoms with Gasteiger partial charge in [0.25, 0.3) is 0 Å². The number of hydrazine groups is 1. The maximum atomic E-state index is 5.86. The summed E-state index contributed by atoms with van der Waals surface area (Å²) in [4.78, 5) is 4.31. The van der Waals surface area contributed by atoms with E-state index in [1.807, 2.05) is 42.1 Å². The van der Waals surface area contributed by atoms with Gasteiger partial charge in [-0.15, -0.1) is 0 Å². The van der Waals surface area contributed by atoms with Crippen LogP contribution in [0.3, 0.4) is 0 Å². The average molecular weight is 265 g/mol. The number of imidazole rings is 1. The molecule has 1 heterocycles. The van der Waals surface area contributed by atoms with Crippen LogP contribution < -0.4 is 11.3 Å². The van der Waals surface area contributed by atoms with Crippen molar-refractivity contribution in [3.8, 4) is 0 Å². The zero-order valence-electron chi connectivity index (χ0n) is 10.3.